The molecule has 1 aromatic heterocycles. The number of anilines is 2. The molecular formula is C20H16F3N3O2. The van der Waals surface area contributed by atoms with E-state index in [0.29, 0.717) is 11.8 Å². The third kappa shape index (κ3) is 4.06. The van der Waals surface area contributed by atoms with Crippen molar-refractivity contribution < 1.29 is 22.7 Å². The SMILES string of the molecule is CNc1ccc(Oc2ccc(NC(=O)c3ccc(F)c(F)c3F)cn2)c(C)c1. The van der Waals surface area contributed by atoms with Crippen LogP contribution >= 0.6 is 0 Å². The average molecular weight is 387 g/mol. The first-order chi connectivity index (χ1) is 13.4. The van der Waals surface area contributed by atoms with Gasteiger partial charge in [-0.1, -0.05) is 0 Å². The molecule has 0 spiro atoms. The van der Waals surface area contributed by atoms with Crippen LogP contribution in [-0.2, 0) is 0 Å². The highest BCUT2D eigenvalue weighted by Crippen LogP contribution is 2.26. The second-order valence-electron chi connectivity index (χ2n) is 5.89. The molecule has 0 atom stereocenters. The van der Waals surface area contributed by atoms with Gasteiger partial charge in [0.05, 0.1) is 17.4 Å². The fraction of sp³-hybridized carbons (Fsp3) is 0.100. The number of hydrogen-bond donors (Lipinski definition) is 2. The zero-order chi connectivity index (χ0) is 20.3. The van der Waals surface area contributed by atoms with Crippen molar-refractivity contribution in [1.29, 1.82) is 0 Å². The van der Waals surface area contributed by atoms with Crippen molar-refractivity contribution in [3.63, 3.8) is 0 Å². The standard InChI is InChI=1S/C20H16F3N3O2/c1-11-9-12(24-2)3-7-16(11)28-17-8-4-13(10-25-17)26-20(27)14-5-6-15(21)19(23)18(14)22/h3-10,24H,1-2H3,(H,26,27). The van der Waals surface area contributed by atoms with E-state index in [1.54, 1.807) is 6.07 Å². The first-order valence-corrected chi connectivity index (χ1v) is 8.26. The second kappa shape index (κ2) is 7.99. The topological polar surface area (TPSA) is 63.2 Å². The number of carbonyl (C=O) groups is 1. The van der Waals surface area contributed by atoms with Crippen molar-refractivity contribution >= 4 is 17.3 Å². The van der Waals surface area contributed by atoms with Crippen molar-refractivity contribution in [2.45, 2.75) is 6.92 Å². The summed E-state index contributed by atoms with van der Waals surface area (Å²) in [4.78, 5) is 16.2. The highest BCUT2D eigenvalue weighted by Gasteiger charge is 2.19. The Bertz CT molecular complexity index is 1020. The van der Waals surface area contributed by atoms with Gasteiger partial charge in [-0.3, -0.25) is 4.79 Å². The van der Waals surface area contributed by atoms with Crippen LogP contribution < -0.4 is 15.4 Å². The van der Waals surface area contributed by atoms with E-state index in [1.807, 2.05) is 26.1 Å². The van der Waals surface area contributed by atoms with Gasteiger partial charge in [0.25, 0.3) is 5.91 Å². The van der Waals surface area contributed by atoms with Crippen LogP contribution in [0.2, 0.25) is 0 Å². The van der Waals surface area contributed by atoms with Crippen molar-refractivity contribution in [3.05, 3.63) is 77.2 Å². The summed E-state index contributed by atoms with van der Waals surface area (Å²) in [7, 11) is 1.82. The summed E-state index contributed by atoms with van der Waals surface area (Å²) in [5.41, 5.74) is 1.48. The Morgan fingerprint density at radius 2 is 1.75 bits per heavy atom. The van der Waals surface area contributed by atoms with Gasteiger partial charge in [0.2, 0.25) is 5.88 Å². The normalized spacial score (nSPS) is 10.5. The highest BCUT2D eigenvalue weighted by molar-refractivity contribution is 6.04. The summed E-state index contributed by atoms with van der Waals surface area (Å²) >= 11 is 0. The molecule has 0 aliphatic heterocycles. The van der Waals surface area contributed by atoms with Gasteiger partial charge in [-0.15, -0.1) is 0 Å². The van der Waals surface area contributed by atoms with Crippen molar-refractivity contribution in [2.75, 3.05) is 17.7 Å². The zero-order valence-electron chi connectivity index (χ0n) is 15.0. The van der Waals surface area contributed by atoms with Crippen LogP contribution in [0.5, 0.6) is 11.6 Å². The van der Waals surface area contributed by atoms with E-state index in [2.05, 4.69) is 15.6 Å². The molecule has 3 rings (SSSR count). The van der Waals surface area contributed by atoms with Crippen LogP contribution in [0, 0.1) is 24.4 Å². The predicted molar refractivity (Wildman–Crippen MR) is 99.3 cm³/mol. The van der Waals surface area contributed by atoms with Crippen LogP contribution in [0.25, 0.3) is 0 Å². The molecular weight excluding hydrogens is 371 g/mol. The molecule has 3 aromatic rings. The van der Waals surface area contributed by atoms with Crippen LogP contribution in [-0.4, -0.2) is 17.9 Å². The molecule has 0 bridgehead atoms. The quantitative estimate of drug-likeness (QED) is 0.612. The smallest absolute Gasteiger partial charge is 0.258 e. The Morgan fingerprint density at radius 1 is 1.00 bits per heavy atom. The summed E-state index contributed by atoms with van der Waals surface area (Å²) in [6.45, 7) is 1.89. The second-order valence-corrected chi connectivity index (χ2v) is 5.89. The molecule has 1 heterocycles. The fourth-order valence-electron chi connectivity index (χ4n) is 2.45. The Labute approximate surface area is 159 Å². The molecule has 1 amide bonds. The number of ether oxygens (including phenoxy) is 1. The van der Waals surface area contributed by atoms with E-state index in [-0.39, 0.29) is 11.6 Å². The van der Waals surface area contributed by atoms with Crippen molar-refractivity contribution in [3.8, 4) is 11.6 Å². The van der Waals surface area contributed by atoms with E-state index < -0.39 is 28.9 Å². The number of aryl methyl sites for hydroxylation is 1. The first-order valence-electron chi connectivity index (χ1n) is 8.26. The first kappa shape index (κ1) is 19.2. The van der Waals surface area contributed by atoms with Gasteiger partial charge < -0.3 is 15.4 Å². The Hall–Kier alpha value is -3.55. The lowest BCUT2D eigenvalue weighted by atomic mass is 10.2. The minimum absolute atomic E-state index is 0.240. The number of rotatable bonds is 5. The number of benzene rings is 2. The minimum atomic E-state index is -1.70. The van der Waals surface area contributed by atoms with Crippen molar-refractivity contribution in [2.24, 2.45) is 0 Å². The number of carbonyl (C=O) groups excluding carboxylic acids is 1. The number of hydrogen-bond acceptors (Lipinski definition) is 4. The molecule has 0 aliphatic rings. The van der Waals surface area contributed by atoms with Crippen LogP contribution in [0.15, 0.2) is 48.7 Å². The summed E-state index contributed by atoms with van der Waals surface area (Å²) in [6, 6.07) is 10.1. The van der Waals surface area contributed by atoms with Crippen LogP contribution in [0.4, 0.5) is 24.5 Å². The molecule has 28 heavy (non-hydrogen) atoms. The maximum atomic E-state index is 13.7. The third-order valence-corrected chi connectivity index (χ3v) is 3.95. The lowest BCUT2D eigenvalue weighted by molar-refractivity contribution is 0.102. The van der Waals surface area contributed by atoms with Gasteiger partial charge in [-0.2, -0.15) is 0 Å². The van der Waals surface area contributed by atoms with E-state index in [1.165, 1.54) is 18.3 Å². The molecule has 0 radical (unpaired) electrons. The molecule has 2 N–H and O–H groups in total. The molecule has 8 heteroatoms. The lowest BCUT2D eigenvalue weighted by Gasteiger charge is -2.10. The molecule has 0 aliphatic carbocycles. The van der Waals surface area contributed by atoms with E-state index >= 15 is 0 Å². The zero-order valence-corrected chi connectivity index (χ0v) is 15.0. The molecule has 0 fully saturated rings. The number of halogens is 3. The van der Waals surface area contributed by atoms with Crippen LogP contribution in [0.3, 0.4) is 0 Å². The molecule has 0 unspecified atom stereocenters. The third-order valence-electron chi connectivity index (χ3n) is 3.95. The van der Waals surface area contributed by atoms with Crippen molar-refractivity contribution in [1.82, 2.24) is 4.98 Å². The number of aromatic nitrogens is 1. The largest absolute Gasteiger partial charge is 0.439 e. The summed E-state index contributed by atoms with van der Waals surface area (Å²) in [5, 5.41) is 5.40. The summed E-state index contributed by atoms with van der Waals surface area (Å²) in [5.74, 6) is -4.63. The van der Waals surface area contributed by atoms with Gasteiger partial charge in [-0.25, -0.2) is 18.2 Å². The Morgan fingerprint density at radius 3 is 2.39 bits per heavy atom. The monoisotopic (exact) mass is 387 g/mol. The minimum Gasteiger partial charge on any atom is -0.439 e. The average Bonchev–Trinajstić information content (AvgIpc) is 2.69. The number of nitrogens with one attached hydrogen (secondary N) is 2. The Kier molecular flexibility index (Phi) is 5.49. The van der Waals surface area contributed by atoms with E-state index in [9.17, 15) is 18.0 Å². The van der Waals surface area contributed by atoms with Gasteiger partial charge in [0, 0.05) is 18.8 Å². The molecule has 0 saturated heterocycles. The fourth-order valence-corrected chi connectivity index (χ4v) is 2.45. The lowest BCUT2D eigenvalue weighted by Crippen LogP contribution is -2.15. The van der Waals surface area contributed by atoms with Gasteiger partial charge in [0.15, 0.2) is 17.5 Å². The van der Waals surface area contributed by atoms with E-state index in [0.717, 1.165) is 17.3 Å². The molecule has 144 valence electrons. The van der Waals surface area contributed by atoms with Crippen LogP contribution in [0.1, 0.15) is 15.9 Å². The maximum Gasteiger partial charge on any atom is 0.258 e. The van der Waals surface area contributed by atoms with Gasteiger partial charge in [0.1, 0.15) is 5.75 Å². The summed E-state index contributed by atoms with van der Waals surface area (Å²) < 4.78 is 45.6. The van der Waals surface area contributed by atoms with E-state index in [4.69, 9.17) is 4.74 Å². The highest BCUT2D eigenvalue weighted by atomic mass is 19.2. The predicted octanol–water partition coefficient (Wildman–Crippen LogP) is 4.89. The van der Waals surface area contributed by atoms with Gasteiger partial charge in [-0.05, 0) is 48.9 Å². The van der Waals surface area contributed by atoms with Gasteiger partial charge >= 0.3 is 0 Å². The Balaban J connectivity index is 1.71. The number of pyridine rings is 1. The number of nitrogens with zero attached hydrogens (tertiary/aromatic N) is 1. The summed E-state index contributed by atoms with van der Waals surface area (Å²) in [6.07, 6.45) is 1.31. The molecule has 0 saturated carbocycles. The molecule has 5 nitrogen and oxygen atoms in total. The molecule has 2 aromatic carbocycles. The number of amides is 1. The maximum absolute atomic E-state index is 13.7.